The van der Waals surface area contributed by atoms with Crippen LogP contribution in [0.3, 0.4) is 0 Å². The third-order valence-electron chi connectivity index (χ3n) is 3.43. The van der Waals surface area contributed by atoms with E-state index in [-0.39, 0.29) is 25.0 Å². The highest BCUT2D eigenvalue weighted by molar-refractivity contribution is 6.14. The van der Waals surface area contributed by atoms with Crippen molar-refractivity contribution in [1.82, 2.24) is 5.43 Å². The highest BCUT2D eigenvalue weighted by atomic mass is 16.5. The van der Waals surface area contributed by atoms with Crippen molar-refractivity contribution in [2.75, 3.05) is 31.4 Å². The Hall–Kier alpha value is -3.78. The van der Waals surface area contributed by atoms with Crippen LogP contribution >= 0.6 is 0 Å². The number of carbonyl (C=O) groups is 2. The van der Waals surface area contributed by atoms with Crippen LogP contribution in [0.4, 0.5) is 5.69 Å². The van der Waals surface area contributed by atoms with Crippen molar-refractivity contribution in [3.8, 4) is 0 Å². The van der Waals surface area contributed by atoms with Crippen LogP contribution < -0.4 is 10.4 Å². The normalized spacial score (nSPS) is 10.8. The number of anilines is 1. The molecule has 1 saturated heterocycles. The average Bonchev–Trinajstić information content (AvgIpc) is 3.36. The molecule has 0 aromatic heterocycles. The lowest BCUT2D eigenvalue weighted by atomic mass is 10.0. The van der Waals surface area contributed by atoms with E-state index in [0.29, 0.717) is 12.1 Å². The van der Waals surface area contributed by atoms with Gasteiger partial charge in [0.25, 0.3) is 11.8 Å². The fourth-order valence-corrected chi connectivity index (χ4v) is 2.15. The molecule has 0 aliphatic carbocycles. The second-order valence-corrected chi connectivity index (χ2v) is 5.41. The van der Waals surface area contributed by atoms with Crippen LogP contribution in [0.2, 0.25) is 0 Å². The number of ether oxygens (including phenoxy) is 1. The van der Waals surface area contributed by atoms with Gasteiger partial charge in [0.05, 0.1) is 18.9 Å². The largest absolute Gasteiger partial charge is 0.394 e. The SMILES string of the molecule is C=C.C=C.C=C.C=C.C=C.C=C.C=C.CCCCC1C(=O)NN(c2ccccc2)C1=O.CCOCC.OCCO. The van der Waals surface area contributed by atoms with Crippen molar-refractivity contribution in [2.24, 2.45) is 5.92 Å². The molecule has 2 amide bonds. The molecule has 7 heteroatoms. The van der Waals surface area contributed by atoms with Gasteiger partial charge < -0.3 is 14.9 Å². The average molecular weight is 565 g/mol. The quantitative estimate of drug-likeness (QED) is 0.235. The second kappa shape index (κ2) is 64.8. The topological polar surface area (TPSA) is 99.1 Å². The summed E-state index contributed by atoms with van der Waals surface area (Å²) in [5.74, 6) is -0.850. The van der Waals surface area contributed by atoms with Crippen LogP contribution in [-0.2, 0) is 14.3 Å². The maximum absolute atomic E-state index is 12.1. The summed E-state index contributed by atoms with van der Waals surface area (Å²) in [6.45, 7) is 49.5. The molecular formula is C33H60N2O5. The first-order chi connectivity index (χ1) is 19.6. The summed E-state index contributed by atoms with van der Waals surface area (Å²) < 4.78 is 4.83. The summed E-state index contributed by atoms with van der Waals surface area (Å²) in [6, 6.07) is 9.17. The molecule has 0 spiro atoms. The Morgan fingerprint density at radius 3 is 1.38 bits per heavy atom. The van der Waals surface area contributed by atoms with Crippen molar-refractivity contribution < 1.29 is 24.5 Å². The molecule has 232 valence electrons. The fourth-order valence-electron chi connectivity index (χ4n) is 2.15. The van der Waals surface area contributed by atoms with Gasteiger partial charge in [-0.05, 0) is 32.4 Å². The van der Waals surface area contributed by atoms with E-state index >= 15 is 0 Å². The van der Waals surface area contributed by atoms with Gasteiger partial charge in [-0.2, -0.15) is 0 Å². The van der Waals surface area contributed by atoms with E-state index in [4.69, 9.17) is 14.9 Å². The van der Waals surface area contributed by atoms with E-state index in [1.165, 1.54) is 5.01 Å². The van der Waals surface area contributed by atoms with E-state index in [2.05, 4.69) is 97.5 Å². The predicted molar refractivity (Wildman–Crippen MR) is 180 cm³/mol. The molecule has 0 saturated carbocycles. The first-order valence-electron chi connectivity index (χ1n) is 12.6. The number of para-hydroxylation sites is 1. The summed E-state index contributed by atoms with van der Waals surface area (Å²) in [6.07, 6.45) is 2.51. The van der Waals surface area contributed by atoms with Gasteiger partial charge in [0.2, 0.25) is 0 Å². The zero-order chi connectivity index (χ0) is 33.8. The Morgan fingerprint density at radius 1 is 0.725 bits per heavy atom. The highest BCUT2D eigenvalue weighted by Gasteiger charge is 2.39. The molecule has 1 atom stereocenters. The molecule has 1 aliphatic rings. The number of carbonyl (C=O) groups excluding carboxylic acids is 2. The number of hydrogen-bond donors (Lipinski definition) is 3. The minimum Gasteiger partial charge on any atom is -0.394 e. The van der Waals surface area contributed by atoms with Gasteiger partial charge in [-0.15, -0.1) is 92.1 Å². The molecule has 1 fully saturated rings. The van der Waals surface area contributed by atoms with Crippen LogP contribution in [0.25, 0.3) is 0 Å². The Morgan fingerprint density at radius 2 is 1.10 bits per heavy atom. The maximum atomic E-state index is 12.1. The molecular weight excluding hydrogens is 504 g/mol. The van der Waals surface area contributed by atoms with Gasteiger partial charge in [0, 0.05) is 13.2 Å². The van der Waals surface area contributed by atoms with Crippen LogP contribution in [0.5, 0.6) is 0 Å². The second-order valence-electron chi connectivity index (χ2n) is 5.41. The number of aliphatic hydroxyl groups excluding tert-OH is 2. The number of hydrazine groups is 1. The van der Waals surface area contributed by atoms with E-state index in [0.717, 1.165) is 26.1 Å². The first-order valence-corrected chi connectivity index (χ1v) is 12.6. The number of unbranched alkanes of at least 4 members (excludes halogenated alkanes) is 1. The van der Waals surface area contributed by atoms with Crippen molar-refractivity contribution in [1.29, 1.82) is 0 Å². The molecule has 1 aromatic rings. The molecule has 0 bridgehead atoms. The minimum atomic E-state index is -0.518. The van der Waals surface area contributed by atoms with Crippen LogP contribution in [0.1, 0.15) is 40.0 Å². The molecule has 40 heavy (non-hydrogen) atoms. The lowest BCUT2D eigenvalue weighted by Gasteiger charge is -2.14. The fraction of sp³-hybridized carbons (Fsp3) is 0.333. The first kappa shape index (κ1) is 56.4. The number of rotatable bonds is 7. The maximum Gasteiger partial charge on any atom is 0.258 e. The molecule has 7 nitrogen and oxygen atoms in total. The smallest absolute Gasteiger partial charge is 0.258 e. The predicted octanol–water partition coefficient (Wildman–Crippen LogP) is 7.50. The molecule has 3 N–H and O–H groups in total. The third-order valence-corrected chi connectivity index (χ3v) is 3.43. The summed E-state index contributed by atoms with van der Waals surface area (Å²) >= 11 is 0. The summed E-state index contributed by atoms with van der Waals surface area (Å²) in [5, 5.41) is 16.6. The molecule has 0 radical (unpaired) electrons. The Balaban J connectivity index is -0.0000000621. The van der Waals surface area contributed by atoms with Crippen molar-refractivity contribution in [2.45, 2.75) is 40.0 Å². The van der Waals surface area contributed by atoms with Gasteiger partial charge in [0.15, 0.2) is 0 Å². The molecule has 1 unspecified atom stereocenters. The number of nitrogens with one attached hydrogen (secondary N) is 1. The van der Waals surface area contributed by atoms with E-state index in [1.807, 2.05) is 39.0 Å². The van der Waals surface area contributed by atoms with Crippen molar-refractivity contribution in [3.63, 3.8) is 0 Å². The van der Waals surface area contributed by atoms with E-state index < -0.39 is 5.92 Å². The van der Waals surface area contributed by atoms with Gasteiger partial charge in [-0.25, -0.2) is 5.01 Å². The standard InChI is InChI=1S/C13H16N2O2.C4H10O.C2H6O2.7C2H4/c1-2-3-9-11-12(16)14-15(13(11)17)10-7-5-4-6-8-10;1-3-5-4-2;3-1-2-4;7*1-2/h4-8,11H,2-3,9H2,1H3,(H,14,16);3-4H2,1-2H3;3-4H,1-2H2;7*1-2H2. The summed E-state index contributed by atoms with van der Waals surface area (Å²) in [4.78, 5) is 23.8. The lowest BCUT2D eigenvalue weighted by molar-refractivity contribution is -0.127. The Kier molecular flexibility index (Phi) is 91.5. The zero-order valence-corrected chi connectivity index (χ0v) is 25.9. The molecule has 1 heterocycles. The zero-order valence-electron chi connectivity index (χ0n) is 25.9. The number of aliphatic hydroxyl groups is 2. The van der Waals surface area contributed by atoms with Crippen molar-refractivity contribution >= 4 is 17.5 Å². The highest BCUT2D eigenvalue weighted by Crippen LogP contribution is 2.22. The van der Waals surface area contributed by atoms with Crippen LogP contribution in [0, 0.1) is 5.92 Å². The summed E-state index contributed by atoms with van der Waals surface area (Å²) in [5.41, 5.74) is 3.34. The molecule has 1 aromatic carbocycles. The van der Waals surface area contributed by atoms with Crippen LogP contribution in [-0.4, -0.2) is 48.5 Å². The summed E-state index contributed by atoms with van der Waals surface area (Å²) in [7, 11) is 0. The minimum absolute atomic E-state index is 0.125. The Bertz CT molecular complexity index is 576. The number of hydrogen-bond acceptors (Lipinski definition) is 5. The monoisotopic (exact) mass is 564 g/mol. The van der Waals surface area contributed by atoms with Crippen LogP contribution in [0.15, 0.2) is 122 Å². The number of nitrogens with zero attached hydrogens (tertiary/aromatic N) is 1. The van der Waals surface area contributed by atoms with Gasteiger partial charge >= 0.3 is 0 Å². The van der Waals surface area contributed by atoms with E-state index in [1.54, 1.807) is 12.1 Å². The lowest BCUT2D eigenvalue weighted by Crippen LogP contribution is -2.35. The Labute approximate surface area is 247 Å². The number of amides is 2. The van der Waals surface area contributed by atoms with Gasteiger partial charge in [0.1, 0.15) is 5.92 Å². The molecule has 2 rings (SSSR count). The van der Waals surface area contributed by atoms with Gasteiger partial charge in [-0.1, -0.05) is 38.0 Å². The number of benzene rings is 1. The molecule has 1 aliphatic heterocycles. The van der Waals surface area contributed by atoms with Gasteiger partial charge in [-0.3, -0.25) is 15.0 Å². The van der Waals surface area contributed by atoms with Crippen molar-refractivity contribution in [3.05, 3.63) is 122 Å². The van der Waals surface area contributed by atoms with E-state index in [9.17, 15) is 9.59 Å². The third kappa shape index (κ3) is 38.7.